The Labute approximate surface area is 91.7 Å². The monoisotopic (exact) mass is 219 g/mol. The molecule has 5 heteroatoms. The molecule has 0 radical (unpaired) electrons. The molecule has 0 atom stereocenters. The van der Waals surface area contributed by atoms with E-state index in [-0.39, 0.29) is 5.82 Å². The standard InChI is InChI=1S/C11H10FN3O/c12-10-3-1-2-9(4-10)6-15-7-11(5-14-15)13-8-16/h1-5,7-8H,6H2,(H,13,16). The van der Waals surface area contributed by atoms with Crippen molar-refractivity contribution in [1.82, 2.24) is 9.78 Å². The average Bonchev–Trinajstić information content (AvgIpc) is 2.66. The van der Waals surface area contributed by atoms with Crippen molar-refractivity contribution in [2.24, 2.45) is 0 Å². The van der Waals surface area contributed by atoms with Crippen LogP contribution in [0.3, 0.4) is 0 Å². The fraction of sp³-hybridized carbons (Fsp3) is 0.0909. The molecule has 0 aliphatic rings. The number of hydrogen-bond donors (Lipinski definition) is 1. The van der Waals surface area contributed by atoms with Crippen LogP contribution in [0.2, 0.25) is 0 Å². The molecule has 0 spiro atoms. The van der Waals surface area contributed by atoms with Crippen molar-refractivity contribution in [3.8, 4) is 0 Å². The van der Waals surface area contributed by atoms with Crippen LogP contribution in [0.25, 0.3) is 0 Å². The predicted molar refractivity (Wildman–Crippen MR) is 57.4 cm³/mol. The maximum absolute atomic E-state index is 12.9. The molecule has 0 fully saturated rings. The molecule has 0 unspecified atom stereocenters. The molecule has 1 aromatic heterocycles. The molecule has 4 nitrogen and oxygen atoms in total. The lowest BCUT2D eigenvalue weighted by molar-refractivity contribution is -0.105. The first-order valence-electron chi connectivity index (χ1n) is 4.75. The third-order valence-electron chi connectivity index (χ3n) is 2.09. The van der Waals surface area contributed by atoms with Crippen molar-refractivity contribution >= 4 is 12.1 Å². The van der Waals surface area contributed by atoms with Crippen molar-refractivity contribution in [2.45, 2.75) is 6.54 Å². The van der Waals surface area contributed by atoms with Crippen molar-refractivity contribution in [3.05, 3.63) is 48.0 Å². The molecule has 2 aromatic rings. The van der Waals surface area contributed by atoms with Gasteiger partial charge < -0.3 is 5.32 Å². The number of aromatic nitrogens is 2. The van der Waals surface area contributed by atoms with Crippen LogP contribution in [0.5, 0.6) is 0 Å². The van der Waals surface area contributed by atoms with Crippen LogP contribution in [-0.4, -0.2) is 16.2 Å². The molecule has 1 N–H and O–H groups in total. The largest absolute Gasteiger partial charge is 0.326 e. The van der Waals surface area contributed by atoms with Crippen molar-refractivity contribution in [1.29, 1.82) is 0 Å². The zero-order valence-corrected chi connectivity index (χ0v) is 8.43. The van der Waals surface area contributed by atoms with E-state index < -0.39 is 0 Å². The first kappa shape index (κ1) is 10.4. The summed E-state index contributed by atoms with van der Waals surface area (Å²) in [6.07, 6.45) is 3.80. The first-order valence-corrected chi connectivity index (χ1v) is 4.75. The third kappa shape index (κ3) is 2.44. The molecule has 0 aliphatic heterocycles. The third-order valence-corrected chi connectivity index (χ3v) is 2.09. The minimum absolute atomic E-state index is 0.268. The van der Waals surface area contributed by atoms with E-state index in [4.69, 9.17) is 0 Å². The number of nitrogens with one attached hydrogen (secondary N) is 1. The van der Waals surface area contributed by atoms with E-state index in [1.54, 1.807) is 16.9 Å². The number of halogens is 1. The summed E-state index contributed by atoms with van der Waals surface area (Å²) in [7, 11) is 0. The lowest BCUT2D eigenvalue weighted by Gasteiger charge is -2.01. The summed E-state index contributed by atoms with van der Waals surface area (Å²) in [6.45, 7) is 0.471. The highest BCUT2D eigenvalue weighted by Crippen LogP contribution is 2.08. The fourth-order valence-electron chi connectivity index (χ4n) is 1.41. The number of benzene rings is 1. The van der Waals surface area contributed by atoms with Gasteiger partial charge in [0.15, 0.2) is 0 Å². The van der Waals surface area contributed by atoms with Gasteiger partial charge in [-0.3, -0.25) is 9.48 Å². The van der Waals surface area contributed by atoms with Crippen LogP contribution in [0.4, 0.5) is 10.1 Å². The lowest BCUT2D eigenvalue weighted by atomic mass is 10.2. The minimum atomic E-state index is -0.268. The first-order chi connectivity index (χ1) is 7.78. The van der Waals surface area contributed by atoms with Gasteiger partial charge in [0.1, 0.15) is 5.82 Å². The number of carbonyl (C=O) groups excluding carboxylic acids is 1. The van der Waals surface area contributed by atoms with Crippen molar-refractivity contribution in [2.75, 3.05) is 5.32 Å². The van der Waals surface area contributed by atoms with Crippen LogP contribution in [0, 0.1) is 5.82 Å². The smallest absolute Gasteiger partial charge is 0.211 e. The van der Waals surface area contributed by atoms with Gasteiger partial charge in [-0.1, -0.05) is 12.1 Å². The second kappa shape index (κ2) is 4.57. The van der Waals surface area contributed by atoms with Gasteiger partial charge in [0.25, 0.3) is 0 Å². The normalized spacial score (nSPS) is 10.1. The van der Waals surface area contributed by atoms with Crippen LogP contribution >= 0.6 is 0 Å². The van der Waals surface area contributed by atoms with E-state index in [1.165, 1.54) is 18.3 Å². The van der Waals surface area contributed by atoms with E-state index >= 15 is 0 Å². The number of amides is 1. The van der Waals surface area contributed by atoms with Crippen LogP contribution in [0.1, 0.15) is 5.56 Å². The molecular weight excluding hydrogens is 209 g/mol. The topological polar surface area (TPSA) is 46.9 Å². The highest BCUT2D eigenvalue weighted by Gasteiger charge is 1.99. The lowest BCUT2D eigenvalue weighted by Crippen LogP contribution is -2.00. The number of nitrogens with zero attached hydrogens (tertiary/aromatic N) is 2. The van der Waals surface area contributed by atoms with E-state index in [0.717, 1.165) is 5.56 Å². The predicted octanol–water partition coefficient (Wildman–Crippen LogP) is 1.64. The molecule has 0 bridgehead atoms. The van der Waals surface area contributed by atoms with Gasteiger partial charge >= 0.3 is 0 Å². The summed E-state index contributed by atoms with van der Waals surface area (Å²) < 4.78 is 14.5. The summed E-state index contributed by atoms with van der Waals surface area (Å²) in [5, 5.41) is 6.52. The maximum Gasteiger partial charge on any atom is 0.211 e. The van der Waals surface area contributed by atoms with Gasteiger partial charge in [-0.05, 0) is 17.7 Å². The zero-order valence-electron chi connectivity index (χ0n) is 8.43. The molecule has 2 rings (SSSR count). The molecular formula is C11H10FN3O. The molecule has 82 valence electrons. The minimum Gasteiger partial charge on any atom is -0.326 e. The summed E-state index contributed by atoms with van der Waals surface area (Å²) in [5.41, 5.74) is 1.44. The zero-order chi connectivity index (χ0) is 11.4. The number of anilines is 1. The Hall–Kier alpha value is -2.17. The van der Waals surface area contributed by atoms with Crippen molar-refractivity contribution < 1.29 is 9.18 Å². The Kier molecular flexibility index (Phi) is 2.95. The van der Waals surface area contributed by atoms with E-state index in [2.05, 4.69) is 10.4 Å². The molecule has 0 saturated heterocycles. The highest BCUT2D eigenvalue weighted by molar-refractivity contribution is 5.69. The quantitative estimate of drug-likeness (QED) is 0.794. The summed E-state index contributed by atoms with van der Waals surface area (Å²) >= 11 is 0. The molecule has 1 aromatic carbocycles. The van der Waals surface area contributed by atoms with Crippen molar-refractivity contribution in [3.63, 3.8) is 0 Å². The van der Waals surface area contributed by atoms with Gasteiger partial charge in [0.2, 0.25) is 6.41 Å². The van der Waals surface area contributed by atoms with E-state index in [9.17, 15) is 9.18 Å². The molecule has 1 heterocycles. The van der Waals surface area contributed by atoms with Crippen LogP contribution in [-0.2, 0) is 11.3 Å². The second-order valence-electron chi connectivity index (χ2n) is 3.32. The number of carbonyl (C=O) groups is 1. The summed E-state index contributed by atoms with van der Waals surface area (Å²) in [5.74, 6) is -0.268. The SMILES string of the molecule is O=CNc1cnn(Cc2cccc(F)c2)c1. The molecule has 0 aliphatic carbocycles. The van der Waals surface area contributed by atoms with E-state index in [0.29, 0.717) is 18.6 Å². The van der Waals surface area contributed by atoms with E-state index in [1.807, 2.05) is 6.07 Å². The molecule has 0 saturated carbocycles. The maximum atomic E-state index is 12.9. The second-order valence-corrected chi connectivity index (χ2v) is 3.32. The van der Waals surface area contributed by atoms with Crippen LogP contribution in [0.15, 0.2) is 36.7 Å². The Morgan fingerprint density at radius 3 is 3.12 bits per heavy atom. The Bertz CT molecular complexity index is 495. The summed E-state index contributed by atoms with van der Waals surface area (Å²) in [6, 6.07) is 6.32. The Morgan fingerprint density at radius 1 is 1.50 bits per heavy atom. The molecule has 1 amide bonds. The Balaban J connectivity index is 2.11. The average molecular weight is 219 g/mol. The number of hydrogen-bond acceptors (Lipinski definition) is 2. The van der Waals surface area contributed by atoms with Gasteiger partial charge in [-0.15, -0.1) is 0 Å². The number of rotatable bonds is 4. The fourth-order valence-corrected chi connectivity index (χ4v) is 1.41. The van der Waals surface area contributed by atoms with Gasteiger partial charge in [0, 0.05) is 6.20 Å². The van der Waals surface area contributed by atoms with Gasteiger partial charge in [0.05, 0.1) is 18.4 Å². The van der Waals surface area contributed by atoms with Gasteiger partial charge in [-0.25, -0.2) is 4.39 Å². The molecule has 16 heavy (non-hydrogen) atoms. The highest BCUT2D eigenvalue weighted by atomic mass is 19.1. The van der Waals surface area contributed by atoms with Gasteiger partial charge in [-0.2, -0.15) is 5.10 Å². The Morgan fingerprint density at radius 2 is 2.38 bits per heavy atom. The van der Waals surface area contributed by atoms with Crippen LogP contribution < -0.4 is 5.32 Å². The summed E-state index contributed by atoms with van der Waals surface area (Å²) in [4.78, 5) is 10.2.